The van der Waals surface area contributed by atoms with Gasteiger partial charge in [-0.2, -0.15) is 0 Å². The van der Waals surface area contributed by atoms with Crippen LogP contribution in [0.1, 0.15) is 39.2 Å². The van der Waals surface area contributed by atoms with Gasteiger partial charge in [-0.25, -0.2) is 9.18 Å². The highest BCUT2D eigenvalue weighted by Crippen LogP contribution is 2.51. The van der Waals surface area contributed by atoms with Crippen LogP contribution < -0.4 is 10.6 Å². The molecule has 1 aliphatic heterocycles. The molecule has 1 saturated heterocycles. The van der Waals surface area contributed by atoms with Crippen LogP contribution in [0.25, 0.3) is 0 Å². The van der Waals surface area contributed by atoms with Crippen molar-refractivity contribution in [3.05, 3.63) is 29.6 Å². The number of ether oxygens (including phenoxy) is 2. The maximum Gasteiger partial charge on any atom is 0.414 e. The molecule has 0 radical (unpaired) electrons. The third-order valence-electron chi connectivity index (χ3n) is 4.52. The quantitative estimate of drug-likeness (QED) is 0.844. The van der Waals surface area contributed by atoms with Gasteiger partial charge in [-0.05, 0) is 45.7 Å². The van der Waals surface area contributed by atoms with Crippen LogP contribution >= 0.6 is 0 Å². The average molecular weight is 350 g/mol. The van der Waals surface area contributed by atoms with Crippen molar-refractivity contribution in [2.24, 2.45) is 5.73 Å². The van der Waals surface area contributed by atoms with Crippen LogP contribution in [0.5, 0.6) is 0 Å². The number of benzene rings is 1. The Kier molecular flexibility index (Phi) is 4.23. The first-order valence-electron chi connectivity index (χ1n) is 8.37. The highest BCUT2D eigenvalue weighted by atomic mass is 19.1. The van der Waals surface area contributed by atoms with Gasteiger partial charge in [0.05, 0.1) is 17.1 Å². The van der Waals surface area contributed by atoms with E-state index in [1.165, 1.54) is 11.0 Å². The molecule has 0 aromatic heterocycles. The summed E-state index contributed by atoms with van der Waals surface area (Å²) in [5.74, 6) is -0.941. The Morgan fingerprint density at radius 1 is 1.44 bits per heavy atom. The van der Waals surface area contributed by atoms with E-state index in [1.807, 2.05) is 0 Å². The summed E-state index contributed by atoms with van der Waals surface area (Å²) in [5, 5.41) is 0. The van der Waals surface area contributed by atoms with Gasteiger partial charge in [-0.15, -0.1) is 0 Å². The third-order valence-corrected chi connectivity index (χ3v) is 4.52. The monoisotopic (exact) mass is 350 g/mol. The van der Waals surface area contributed by atoms with E-state index in [4.69, 9.17) is 15.2 Å². The van der Waals surface area contributed by atoms with Crippen LogP contribution in [-0.2, 0) is 19.7 Å². The van der Waals surface area contributed by atoms with E-state index in [2.05, 4.69) is 0 Å². The predicted molar refractivity (Wildman–Crippen MR) is 89.8 cm³/mol. The van der Waals surface area contributed by atoms with Crippen molar-refractivity contribution in [2.45, 2.75) is 50.7 Å². The molecule has 2 fully saturated rings. The molecule has 1 aromatic rings. The molecular weight excluding hydrogens is 327 g/mol. The Morgan fingerprint density at radius 3 is 2.64 bits per heavy atom. The van der Waals surface area contributed by atoms with E-state index in [0.29, 0.717) is 24.1 Å². The number of carbonyl (C=O) groups is 2. The molecule has 1 aliphatic carbocycles. The summed E-state index contributed by atoms with van der Waals surface area (Å²) in [6, 6.07) is 4.12. The standard InChI is InChI=1S/C18H23FN2O4/c1-17(2,3)25-15(22)18(6-7-18)13-5-4-11(8-14(13)19)21-12(9-20)10-24-16(21)23/h4-5,8,12H,6-7,9-10,20H2,1-3H3/t12-/m0/s1. The molecule has 3 rings (SSSR count). The summed E-state index contributed by atoms with van der Waals surface area (Å²) in [4.78, 5) is 25.7. The molecule has 1 amide bonds. The van der Waals surface area contributed by atoms with Crippen molar-refractivity contribution in [1.29, 1.82) is 0 Å². The van der Waals surface area contributed by atoms with Crippen LogP contribution in [0.15, 0.2) is 18.2 Å². The lowest BCUT2D eigenvalue weighted by Crippen LogP contribution is -2.39. The average Bonchev–Trinajstić information content (AvgIpc) is 3.23. The van der Waals surface area contributed by atoms with Crippen LogP contribution in [-0.4, -0.2) is 36.9 Å². The number of cyclic esters (lactones) is 1. The van der Waals surface area contributed by atoms with Gasteiger partial charge in [-0.3, -0.25) is 9.69 Å². The van der Waals surface area contributed by atoms with Crippen LogP contribution in [0.4, 0.5) is 14.9 Å². The molecule has 2 N–H and O–H groups in total. The lowest BCUT2D eigenvalue weighted by atomic mass is 9.94. The molecule has 1 aromatic carbocycles. The van der Waals surface area contributed by atoms with Crippen LogP contribution in [0, 0.1) is 5.82 Å². The minimum Gasteiger partial charge on any atom is -0.459 e. The zero-order chi connectivity index (χ0) is 18.4. The Morgan fingerprint density at radius 2 is 2.12 bits per heavy atom. The second-order valence-corrected chi connectivity index (χ2v) is 7.58. The second-order valence-electron chi connectivity index (χ2n) is 7.58. The number of anilines is 1. The highest BCUT2D eigenvalue weighted by Gasteiger charge is 2.55. The van der Waals surface area contributed by atoms with E-state index in [-0.39, 0.29) is 19.2 Å². The fourth-order valence-electron chi connectivity index (χ4n) is 3.08. The zero-order valence-electron chi connectivity index (χ0n) is 14.7. The molecule has 0 spiro atoms. The molecule has 1 atom stereocenters. The van der Waals surface area contributed by atoms with Crippen molar-refractivity contribution >= 4 is 17.7 Å². The Labute approximate surface area is 146 Å². The lowest BCUT2D eigenvalue weighted by Gasteiger charge is -2.25. The molecule has 1 saturated carbocycles. The van der Waals surface area contributed by atoms with Gasteiger partial charge in [0.15, 0.2) is 0 Å². The molecule has 7 heteroatoms. The fourth-order valence-corrected chi connectivity index (χ4v) is 3.08. The van der Waals surface area contributed by atoms with E-state index >= 15 is 0 Å². The number of carbonyl (C=O) groups excluding carboxylic acids is 2. The first kappa shape index (κ1) is 17.7. The Balaban J connectivity index is 1.88. The Bertz CT molecular complexity index is 710. The summed E-state index contributed by atoms with van der Waals surface area (Å²) in [6.07, 6.45) is 0.556. The topological polar surface area (TPSA) is 81.9 Å². The van der Waals surface area contributed by atoms with Gasteiger partial charge < -0.3 is 15.2 Å². The van der Waals surface area contributed by atoms with E-state index in [9.17, 15) is 14.0 Å². The Hall–Kier alpha value is -2.15. The molecule has 0 unspecified atom stereocenters. The van der Waals surface area contributed by atoms with E-state index < -0.39 is 28.9 Å². The first-order valence-corrected chi connectivity index (χ1v) is 8.37. The number of hydrogen-bond acceptors (Lipinski definition) is 5. The van der Waals surface area contributed by atoms with Crippen molar-refractivity contribution < 1.29 is 23.5 Å². The van der Waals surface area contributed by atoms with Crippen LogP contribution in [0.3, 0.4) is 0 Å². The number of hydrogen-bond donors (Lipinski definition) is 1. The summed E-state index contributed by atoms with van der Waals surface area (Å²) in [7, 11) is 0. The molecule has 0 bridgehead atoms. The minimum atomic E-state index is -0.922. The predicted octanol–water partition coefficient (Wildman–Crippen LogP) is 2.48. The number of nitrogens with two attached hydrogens (primary N) is 1. The van der Waals surface area contributed by atoms with Crippen molar-refractivity contribution in [3.63, 3.8) is 0 Å². The minimum absolute atomic E-state index is 0.181. The maximum absolute atomic E-state index is 14.8. The van der Waals surface area contributed by atoms with Gasteiger partial charge in [0, 0.05) is 12.1 Å². The third kappa shape index (κ3) is 3.20. The number of nitrogens with zero attached hydrogens (tertiary/aromatic N) is 1. The molecule has 2 aliphatic rings. The van der Waals surface area contributed by atoms with Crippen molar-refractivity contribution in [3.8, 4) is 0 Å². The van der Waals surface area contributed by atoms with E-state index in [1.54, 1.807) is 32.9 Å². The normalized spacial score (nSPS) is 21.9. The van der Waals surface area contributed by atoms with E-state index in [0.717, 1.165) is 0 Å². The zero-order valence-corrected chi connectivity index (χ0v) is 14.7. The van der Waals surface area contributed by atoms with Gasteiger partial charge in [0.1, 0.15) is 18.0 Å². The fraction of sp³-hybridized carbons (Fsp3) is 0.556. The molecule has 6 nitrogen and oxygen atoms in total. The van der Waals surface area contributed by atoms with Gasteiger partial charge >= 0.3 is 12.1 Å². The first-order chi connectivity index (χ1) is 11.7. The molecule has 136 valence electrons. The van der Waals surface area contributed by atoms with Crippen LogP contribution in [0.2, 0.25) is 0 Å². The van der Waals surface area contributed by atoms with Gasteiger partial charge in [0.2, 0.25) is 0 Å². The van der Waals surface area contributed by atoms with Crippen molar-refractivity contribution in [1.82, 2.24) is 0 Å². The largest absolute Gasteiger partial charge is 0.459 e. The number of halogens is 1. The summed E-state index contributed by atoms with van der Waals surface area (Å²) >= 11 is 0. The molecular formula is C18H23FN2O4. The SMILES string of the molecule is CC(C)(C)OC(=O)C1(c2ccc(N3C(=O)OC[C@@H]3CN)cc2F)CC1. The highest BCUT2D eigenvalue weighted by molar-refractivity contribution is 5.91. The van der Waals surface area contributed by atoms with Crippen molar-refractivity contribution in [2.75, 3.05) is 18.1 Å². The number of esters is 1. The summed E-state index contributed by atoms with van der Waals surface area (Å²) < 4.78 is 25.2. The number of rotatable bonds is 4. The molecule has 1 heterocycles. The van der Waals surface area contributed by atoms with Gasteiger partial charge in [0.25, 0.3) is 0 Å². The maximum atomic E-state index is 14.8. The molecule has 25 heavy (non-hydrogen) atoms. The summed E-state index contributed by atoms with van der Waals surface area (Å²) in [5.41, 5.74) is 4.77. The van der Waals surface area contributed by atoms with Gasteiger partial charge in [-0.1, -0.05) is 6.07 Å². The smallest absolute Gasteiger partial charge is 0.414 e. The second kappa shape index (κ2) is 5.98. The summed E-state index contributed by atoms with van der Waals surface area (Å²) in [6.45, 7) is 5.75. The number of amides is 1. The lowest BCUT2D eigenvalue weighted by molar-refractivity contribution is -0.158.